The van der Waals surface area contributed by atoms with Gasteiger partial charge in [-0.2, -0.15) is 4.98 Å². The highest BCUT2D eigenvalue weighted by molar-refractivity contribution is 6.04. The van der Waals surface area contributed by atoms with Crippen LogP contribution >= 0.6 is 0 Å². The van der Waals surface area contributed by atoms with Gasteiger partial charge in [0.05, 0.1) is 12.1 Å². The van der Waals surface area contributed by atoms with Crippen molar-refractivity contribution >= 4 is 17.2 Å². The van der Waals surface area contributed by atoms with Gasteiger partial charge in [-0.15, -0.1) is 0 Å². The minimum atomic E-state index is -0.909. The third-order valence-corrected chi connectivity index (χ3v) is 6.57. The van der Waals surface area contributed by atoms with Crippen molar-refractivity contribution in [3.63, 3.8) is 0 Å². The summed E-state index contributed by atoms with van der Waals surface area (Å²) in [5, 5.41) is 16.2. The molecule has 1 amide bonds. The maximum atomic E-state index is 13.3. The van der Waals surface area contributed by atoms with E-state index in [9.17, 15) is 14.3 Å². The zero-order chi connectivity index (χ0) is 22.7. The maximum absolute atomic E-state index is 13.3. The SMILES string of the molecule is Cc1ccc(-c2noc([C@H]3C[C@@H]3F)n2)cc1NC(=O)c1cnc2cc([C@H]3C[C@@H]3CO)ccn12. The van der Waals surface area contributed by atoms with Crippen molar-refractivity contribution in [1.82, 2.24) is 19.5 Å². The lowest BCUT2D eigenvalue weighted by molar-refractivity contribution is 0.102. The molecule has 1 aromatic carbocycles. The van der Waals surface area contributed by atoms with E-state index in [-0.39, 0.29) is 18.4 Å². The predicted octanol–water partition coefficient (Wildman–Crippen LogP) is 3.87. The van der Waals surface area contributed by atoms with Gasteiger partial charge in [-0.25, -0.2) is 9.37 Å². The molecule has 9 heteroatoms. The van der Waals surface area contributed by atoms with Crippen LogP contribution in [0.2, 0.25) is 0 Å². The number of rotatable bonds is 6. The molecule has 8 nitrogen and oxygen atoms in total. The van der Waals surface area contributed by atoms with E-state index in [0.717, 1.165) is 17.5 Å². The second-order valence-corrected chi connectivity index (χ2v) is 8.91. The highest BCUT2D eigenvalue weighted by Crippen LogP contribution is 2.47. The summed E-state index contributed by atoms with van der Waals surface area (Å²) in [5.74, 6) is 0.760. The number of aryl methyl sites for hydroxylation is 1. The molecule has 3 aromatic heterocycles. The number of amides is 1. The minimum absolute atomic E-state index is 0.193. The van der Waals surface area contributed by atoms with Crippen molar-refractivity contribution < 1.29 is 18.8 Å². The smallest absolute Gasteiger partial charge is 0.274 e. The van der Waals surface area contributed by atoms with Crippen molar-refractivity contribution in [2.75, 3.05) is 11.9 Å². The highest BCUT2D eigenvalue weighted by Gasteiger charge is 2.43. The van der Waals surface area contributed by atoms with Crippen molar-refractivity contribution in [3.05, 3.63) is 65.4 Å². The topological polar surface area (TPSA) is 106 Å². The number of pyridine rings is 1. The Kier molecular flexibility index (Phi) is 4.55. The Labute approximate surface area is 188 Å². The lowest BCUT2D eigenvalue weighted by Crippen LogP contribution is -2.15. The van der Waals surface area contributed by atoms with Crippen LogP contribution in [-0.4, -0.2) is 43.3 Å². The van der Waals surface area contributed by atoms with Crippen LogP contribution < -0.4 is 5.32 Å². The number of halogens is 1. The molecule has 6 rings (SSSR count). The van der Waals surface area contributed by atoms with Crippen molar-refractivity contribution in [3.8, 4) is 11.4 Å². The van der Waals surface area contributed by atoms with Crippen molar-refractivity contribution in [2.45, 2.75) is 37.8 Å². The summed E-state index contributed by atoms with van der Waals surface area (Å²) in [6.07, 6.45) is 3.89. The van der Waals surface area contributed by atoms with Gasteiger partial charge < -0.3 is 14.9 Å². The average molecular weight is 447 g/mol. The van der Waals surface area contributed by atoms with Gasteiger partial charge in [0, 0.05) is 24.1 Å². The van der Waals surface area contributed by atoms with Gasteiger partial charge in [-0.05, 0) is 60.9 Å². The molecule has 2 aliphatic rings. The summed E-state index contributed by atoms with van der Waals surface area (Å²) < 4.78 is 20.2. The second kappa shape index (κ2) is 7.48. The number of hydrogen-bond acceptors (Lipinski definition) is 6. The predicted molar refractivity (Wildman–Crippen MR) is 118 cm³/mol. The highest BCUT2D eigenvalue weighted by atomic mass is 19.1. The normalized spacial score (nSPS) is 23.6. The number of anilines is 1. The van der Waals surface area contributed by atoms with Crippen molar-refractivity contribution in [1.29, 1.82) is 0 Å². The molecule has 0 aliphatic heterocycles. The van der Waals surface area contributed by atoms with Gasteiger partial charge in [-0.3, -0.25) is 9.20 Å². The number of aliphatic hydroxyl groups excluding tert-OH is 1. The first-order chi connectivity index (χ1) is 16.0. The molecular weight excluding hydrogens is 425 g/mol. The van der Waals surface area contributed by atoms with E-state index in [1.165, 1.54) is 0 Å². The molecule has 2 aliphatic carbocycles. The van der Waals surface area contributed by atoms with Gasteiger partial charge >= 0.3 is 0 Å². The molecule has 4 aromatic rings. The fourth-order valence-corrected chi connectivity index (χ4v) is 4.26. The molecule has 2 N–H and O–H groups in total. The first-order valence-electron chi connectivity index (χ1n) is 11.0. The Hall–Kier alpha value is -3.59. The summed E-state index contributed by atoms with van der Waals surface area (Å²) in [6, 6.07) is 9.44. The van der Waals surface area contributed by atoms with Crippen LogP contribution in [-0.2, 0) is 0 Å². The largest absolute Gasteiger partial charge is 0.396 e. The van der Waals surface area contributed by atoms with Crippen LogP contribution in [0, 0.1) is 12.8 Å². The van der Waals surface area contributed by atoms with E-state index in [2.05, 4.69) is 20.4 Å². The number of nitrogens with zero attached hydrogens (tertiary/aromatic N) is 4. The molecule has 0 bridgehead atoms. The van der Waals surface area contributed by atoms with E-state index >= 15 is 0 Å². The number of benzene rings is 1. The third-order valence-electron chi connectivity index (χ3n) is 6.57. The number of hydrogen-bond donors (Lipinski definition) is 2. The Balaban J connectivity index is 1.24. The molecule has 0 spiro atoms. The van der Waals surface area contributed by atoms with E-state index in [1.807, 2.05) is 37.4 Å². The number of alkyl halides is 1. The van der Waals surface area contributed by atoms with E-state index in [4.69, 9.17) is 4.52 Å². The lowest BCUT2D eigenvalue weighted by Gasteiger charge is -2.10. The number of carbonyl (C=O) groups is 1. The summed E-state index contributed by atoms with van der Waals surface area (Å²) in [6.45, 7) is 2.09. The summed E-state index contributed by atoms with van der Waals surface area (Å²) in [5.41, 5.74) is 4.41. The van der Waals surface area contributed by atoms with E-state index in [0.29, 0.717) is 52.6 Å². The van der Waals surface area contributed by atoms with Gasteiger partial charge in [0.25, 0.3) is 5.91 Å². The van der Waals surface area contributed by atoms with Crippen molar-refractivity contribution in [2.24, 2.45) is 5.92 Å². The van der Waals surface area contributed by atoms with Crippen LogP contribution in [0.1, 0.15) is 52.2 Å². The molecule has 168 valence electrons. The first kappa shape index (κ1) is 20.0. The molecule has 0 radical (unpaired) electrons. The Morgan fingerprint density at radius 2 is 2.12 bits per heavy atom. The van der Waals surface area contributed by atoms with Gasteiger partial charge in [0.1, 0.15) is 17.5 Å². The Morgan fingerprint density at radius 3 is 2.88 bits per heavy atom. The first-order valence-corrected chi connectivity index (χ1v) is 11.0. The summed E-state index contributed by atoms with van der Waals surface area (Å²) in [4.78, 5) is 21.8. The number of fused-ring (bicyclic) bond motifs is 1. The second-order valence-electron chi connectivity index (χ2n) is 8.91. The molecule has 2 fully saturated rings. The van der Waals surface area contributed by atoms with Crippen LogP contribution in [0.3, 0.4) is 0 Å². The number of nitrogens with one attached hydrogen (secondary N) is 1. The zero-order valence-electron chi connectivity index (χ0n) is 17.9. The number of imidazole rings is 1. The minimum Gasteiger partial charge on any atom is -0.396 e. The van der Waals surface area contributed by atoms with E-state index < -0.39 is 6.17 Å². The lowest BCUT2D eigenvalue weighted by atomic mass is 10.1. The Bertz CT molecular complexity index is 1380. The molecule has 0 saturated heterocycles. The van der Waals surface area contributed by atoms with Crippen LogP contribution in [0.5, 0.6) is 0 Å². The molecule has 4 atom stereocenters. The fourth-order valence-electron chi connectivity index (χ4n) is 4.26. The molecular formula is C24H22FN5O3. The number of aromatic nitrogens is 4. The van der Waals surface area contributed by atoms with Gasteiger partial charge in [0.15, 0.2) is 0 Å². The number of aliphatic hydroxyl groups is 1. The molecule has 2 saturated carbocycles. The Morgan fingerprint density at radius 1 is 1.27 bits per heavy atom. The van der Waals surface area contributed by atoms with Crippen LogP contribution in [0.4, 0.5) is 10.1 Å². The summed E-state index contributed by atoms with van der Waals surface area (Å²) >= 11 is 0. The molecule has 3 heterocycles. The summed E-state index contributed by atoms with van der Waals surface area (Å²) in [7, 11) is 0. The molecule has 33 heavy (non-hydrogen) atoms. The maximum Gasteiger partial charge on any atom is 0.274 e. The van der Waals surface area contributed by atoms with Gasteiger partial charge in [0.2, 0.25) is 11.7 Å². The standard InChI is InChI=1S/C24H22FN5O3/c1-12-2-3-14(22-28-24(33-29-22)17-9-18(17)25)7-19(12)27-23(32)20-10-26-21-8-13(4-5-30(20)21)16-6-15(16)11-31/h2-5,7-8,10,15-18,31H,6,9,11H2,1H3,(H,27,32)/t15-,16-,17+,18+/m1/s1. The quantitative estimate of drug-likeness (QED) is 0.465. The third kappa shape index (κ3) is 3.58. The van der Waals surface area contributed by atoms with E-state index in [1.54, 1.807) is 16.7 Å². The van der Waals surface area contributed by atoms with Crippen LogP contribution in [0.25, 0.3) is 17.0 Å². The van der Waals surface area contributed by atoms with Gasteiger partial charge in [-0.1, -0.05) is 17.3 Å². The monoisotopic (exact) mass is 447 g/mol. The van der Waals surface area contributed by atoms with Crippen LogP contribution in [0.15, 0.2) is 47.2 Å². The molecule has 0 unspecified atom stereocenters. The number of carbonyl (C=O) groups excluding carboxylic acids is 1. The average Bonchev–Trinajstić information content (AvgIpc) is 3.64. The fraction of sp³-hybridized carbons (Fsp3) is 0.333. The zero-order valence-corrected chi connectivity index (χ0v) is 17.9.